The van der Waals surface area contributed by atoms with Crippen LogP contribution in [0.15, 0.2) is 29.2 Å². The highest BCUT2D eigenvalue weighted by Gasteiger charge is 2.00. The molecule has 0 radical (unpaired) electrons. The molecule has 0 amide bonds. The van der Waals surface area contributed by atoms with Crippen LogP contribution < -0.4 is 0 Å². The Kier molecular flexibility index (Phi) is 5.38. The predicted octanol–water partition coefficient (Wildman–Crippen LogP) is 3.55. The third-order valence-corrected chi connectivity index (χ3v) is 3.51. The minimum atomic E-state index is 0.299. The molecular formula is C11H15ClOS. The van der Waals surface area contributed by atoms with E-state index in [1.165, 1.54) is 4.90 Å². The van der Waals surface area contributed by atoms with Crippen molar-refractivity contribution < 1.29 is 4.74 Å². The lowest BCUT2D eigenvalue weighted by Gasteiger charge is -2.08. The van der Waals surface area contributed by atoms with Crippen molar-refractivity contribution in [2.24, 2.45) is 0 Å². The SMILES string of the molecule is COC(C)CSc1ccc(CCl)cc1. The zero-order valence-corrected chi connectivity index (χ0v) is 10.1. The standard InChI is InChI=1S/C11H15ClOS/c1-9(13-2)8-14-11-5-3-10(7-12)4-6-11/h3-6,9H,7-8H2,1-2H3. The minimum absolute atomic E-state index is 0.299. The quantitative estimate of drug-likeness (QED) is 0.565. The van der Waals surface area contributed by atoms with Crippen LogP contribution in [0.25, 0.3) is 0 Å². The van der Waals surface area contributed by atoms with Crippen molar-refractivity contribution >= 4 is 23.4 Å². The molecule has 0 fully saturated rings. The van der Waals surface area contributed by atoms with Gasteiger partial charge >= 0.3 is 0 Å². The van der Waals surface area contributed by atoms with E-state index >= 15 is 0 Å². The molecule has 3 heteroatoms. The van der Waals surface area contributed by atoms with Crippen LogP contribution in [0.5, 0.6) is 0 Å². The van der Waals surface area contributed by atoms with Gasteiger partial charge in [0.15, 0.2) is 0 Å². The van der Waals surface area contributed by atoms with Crippen molar-refractivity contribution in [3.05, 3.63) is 29.8 Å². The normalized spacial score (nSPS) is 12.8. The number of hydrogen-bond donors (Lipinski definition) is 0. The van der Waals surface area contributed by atoms with Gasteiger partial charge in [0.2, 0.25) is 0 Å². The van der Waals surface area contributed by atoms with Crippen molar-refractivity contribution in [1.82, 2.24) is 0 Å². The molecule has 0 saturated heterocycles. The molecule has 0 spiro atoms. The number of alkyl halides is 1. The molecule has 0 saturated carbocycles. The number of halogens is 1. The molecule has 0 aromatic heterocycles. The second-order valence-electron chi connectivity index (χ2n) is 3.13. The monoisotopic (exact) mass is 230 g/mol. The maximum absolute atomic E-state index is 5.70. The summed E-state index contributed by atoms with van der Waals surface area (Å²) in [6, 6.07) is 8.33. The summed E-state index contributed by atoms with van der Waals surface area (Å²) in [7, 11) is 1.74. The van der Waals surface area contributed by atoms with Crippen LogP contribution in [0, 0.1) is 0 Å². The topological polar surface area (TPSA) is 9.23 Å². The van der Waals surface area contributed by atoms with E-state index in [1.54, 1.807) is 18.9 Å². The van der Waals surface area contributed by atoms with Crippen molar-refractivity contribution in [1.29, 1.82) is 0 Å². The average molecular weight is 231 g/mol. The second-order valence-corrected chi connectivity index (χ2v) is 4.50. The van der Waals surface area contributed by atoms with Gasteiger partial charge in [0.25, 0.3) is 0 Å². The third-order valence-electron chi connectivity index (χ3n) is 1.96. The number of methoxy groups -OCH3 is 1. The van der Waals surface area contributed by atoms with Gasteiger partial charge in [0.1, 0.15) is 0 Å². The van der Waals surface area contributed by atoms with Gasteiger partial charge in [-0.15, -0.1) is 23.4 Å². The van der Waals surface area contributed by atoms with E-state index in [-0.39, 0.29) is 0 Å². The first kappa shape index (κ1) is 11.9. The number of benzene rings is 1. The first-order valence-electron chi connectivity index (χ1n) is 4.56. The van der Waals surface area contributed by atoms with E-state index < -0.39 is 0 Å². The summed E-state index contributed by atoms with van der Waals surface area (Å²) < 4.78 is 5.17. The molecule has 14 heavy (non-hydrogen) atoms. The molecule has 1 rings (SSSR count). The van der Waals surface area contributed by atoms with E-state index in [4.69, 9.17) is 16.3 Å². The van der Waals surface area contributed by atoms with E-state index in [0.717, 1.165) is 11.3 Å². The van der Waals surface area contributed by atoms with Gasteiger partial charge in [0.05, 0.1) is 6.10 Å². The summed E-state index contributed by atoms with van der Waals surface area (Å²) in [5.41, 5.74) is 1.16. The zero-order chi connectivity index (χ0) is 10.4. The maximum Gasteiger partial charge on any atom is 0.0637 e. The lowest BCUT2D eigenvalue weighted by Crippen LogP contribution is -2.07. The lowest BCUT2D eigenvalue weighted by molar-refractivity contribution is 0.138. The van der Waals surface area contributed by atoms with E-state index in [1.807, 2.05) is 0 Å². The molecule has 0 aliphatic rings. The Morgan fingerprint density at radius 3 is 2.50 bits per heavy atom. The number of ether oxygens (including phenoxy) is 1. The number of thioether (sulfide) groups is 1. The van der Waals surface area contributed by atoms with Gasteiger partial charge in [-0.3, -0.25) is 0 Å². The van der Waals surface area contributed by atoms with Gasteiger partial charge in [-0.25, -0.2) is 0 Å². The van der Waals surface area contributed by atoms with Gasteiger partial charge < -0.3 is 4.74 Å². The molecule has 0 heterocycles. The van der Waals surface area contributed by atoms with Crippen LogP contribution in [0.3, 0.4) is 0 Å². The highest BCUT2D eigenvalue weighted by Crippen LogP contribution is 2.20. The van der Waals surface area contributed by atoms with Crippen LogP contribution >= 0.6 is 23.4 Å². The van der Waals surface area contributed by atoms with Crippen LogP contribution in [0.4, 0.5) is 0 Å². The fourth-order valence-electron chi connectivity index (χ4n) is 0.956. The fourth-order valence-corrected chi connectivity index (χ4v) is 2.03. The van der Waals surface area contributed by atoms with Crippen LogP contribution in [-0.2, 0) is 10.6 Å². The van der Waals surface area contributed by atoms with Gasteiger partial charge in [-0.2, -0.15) is 0 Å². The molecule has 1 aromatic rings. The van der Waals surface area contributed by atoms with E-state index in [0.29, 0.717) is 12.0 Å². The molecule has 0 aliphatic heterocycles. The minimum Gasteiger partial charge on any atom is -0.381 e. The zero-order valence-electron chi connectivity index (χ0n) is 8.50. The second kappa shape index (κ2) is 6.33. The summed E-state index contributed by atoms with van der Waals surface area (Å²) in [6.45, 7) is 2.07. The Hall–Kier alpha value is -0.180. The van der Waals surface area contributed by atoms with Crippen molar-refractivity contribution in [3.63, 3.8) is 0 Å². The van der Waals surface area contributed by atoms with E-state index in [2.05, 4.69) is 31.2 Å². The molecular weight excluding hydrogens is 216 g/mol. The molecule has 0 N–H and O–H groups in total. The van der Waals surface area contributed by atoms with E-state index in [9.17, 15) is 0 Å². The first-order valence-corrected chi connectivity index (χ1v) is 6.08. The summed E-state index contributed by atoms with van der Waals surface area (Å²) in [5, 5.41) is 0. The van der Waals surface area contributed by atoms with Gasteiger partial charge in [-0.05, 0) is 24.6 Å². The molecule has 1 aromatic carbocycles. The summed E-state index contributed by atoms with van der Waals surface area (Å²) in [4.78, 5) is 1.27. The highest BCUT2D eigenvalue weighted by atomic mass is 35.5. The van der Waals surface area contributed by atoms with Crippen molar-refractivity contribution in [3.8, 4) is 0 Å². The Balaban J connectivity index is 2.43. The predicted molar refractivity (Wildman–Crippen MR) is 63.2 cm³/mol. The first-order chi connectivity index (χ1) is 6.76. The Morgan fingerprint density at radius 2 is 2.00 bits per heavy atom. The summed E-state index contributed by atoms with van der Waals surface area (Å²) in [5.74, 6) is 1.57. The molecule has 0 bridgehead atoms. The molecule has 78 valence electrons. The number of rotatable bonds is 5. The Bertz CT molecular complexity index is 260. The Labute approximate surface area is 94.8 Å². The summed E-state index contributed by atoms with van der Waals surface area (Å²) in [6.07, 6.45) is 0.299. The van der Waals surface area contributed by atoms with Crippen LogP contribution in [0.1, 0.15) is 12.5 Å². The largest absolute Gasteiger partial charge is 0.381 e. The van der Waals surface area contributed by atoms with Crippen LogP contribution in [-0.4, -0.2) is 19.0 Å². The molecule has 0 aliphatic carbocycles. The van der Waals surface area contributed by atoms with Gasteiger partial charge in [-0.1, -0.05) is 12.1 Å². The summed E-state index contributed by atoms with van der Waals surface area (Å²) >= 11 is 7.51. The third kappa shape index (κ3) is 3.91. The van der Waals surface area contributed by atoms with Crippen molar-refractivity contribution in [2.75, 3.05) is 12.9 Å². The average Bonchev–Trinajstić information content (AvgIpc) is 2.26. The maximum atomic E-state index is 5.70. The highest BCUT2D eigenvalue weighted by molar-refractivity contribution is 7.99. The Morgan fingerprint density at radius 1 is 1.36 bits per heavy atom. The molecule has 1 atom stereocenters. The fraction of sp³-hybridized carbons (Fsp3) is 0.455. The number of hydrogen-bond acceptors (Lipinski definition) is 2. The lowest BCUT2D eigenvalue weighted by atomic mass is 10.2. The van der Waals surface area contributed by atoms with Crippen molar-refractivity contribution in [2.45, 2.75) is 23.8 Å². The molecule has 1 nitrogen and oxygen atoms in total. The van der Waals surface area contributed by atoms with Crippen LogP contribution in [0.2, 0.25) is 0 Å². The smallest absolute Gasteiger partial charge is 0.0637 e. The molecule has 1 unspecified atom stereocenters. The van der Waals surface area contributed by atoms with Gasteiger partial charge in [0, 0.05) is 23.6 Å².